The van der Waals surface area contributed by atoms with Gasteiger partial charge in [-0.05, 0) is 48.7 Å². The monoisotopic (exact) mass is 436 g/mol. The quantitative estimate of drug-likeness (QED) is 0.472. The Labute approximate surface area is 179 Å². The average molecular weight is 437 g/mol. The molecule has 0 radical (unpaired) electrons. The normalized spacial score (nSPS) is 14.3. The third kappa shape index (κ3) is 3.63. The predicted molar refractivity (Wildman–Crippen MR) is 120 cm³/mol. The second kappa shape index (κ2) is 7.70. The first kappa shape index (κ1) is 19.6. The number of benzene rings is 2. The summed E-state index contributed by atoms with van der Waals surface area (Å²) in [5.74, 6) is -0.549. The van der Waals surface area contributed by atoms with Crippen molar-refractivity contribution in [2.24, 2.45) is 0 Å². The van der Waals surface area contributed by atoms with Crippen molar-refractivity contribution in [3.8, 4) is 11.1 Å². The number of aromatic amines is 1. The molecule has 0 amide bonds. The van der Waals surface area contributed by atoms with Gasteiger partial charge in [-0.1, -0.05) is 30.3 Å². The van der Waals surface area contributed by atoms with Gasteiger partial charge in [0, 0.05) is 30.5 Å². The van der Waals surface area contributed by atoms with E-state index in [-0.39, 0.29) is 16.2 Å². The zero-order valence-electron chi connectivity index (χ0n) is 16.7. The van der Waals surface area contributed by atoms with Gasteiger partial charge in [0.2, 0.25) is 5.95 Å². The molecule has 1 fully saturated rings. The molecule has 31 heavy (non-hydrogen) atoms. The molecule has 0 bridgehead atoms. The fraction of sp³-hybridized carbons (Fsp3) is 0.174. The van der Waals surface area contributed by atoms with Crippen LogP contribution in [-0.4, -0.2) is 31.5 Å². The maximum Gasteiger partial charge on any atom is 0.261 e. The number of aromatic nitrogens is 2. The summed E-state index contributed by atoms with van der Waals surface area (Å²) in [6, 6.07) is 17.3. The first-order chi connectivity index (χ1) is 15.0. The number of anilines is 2. The molecule has 158 valence electrons. The molecule has 2 N–H and O–H groups in total. The van der Waals surface area contributed by atoms with Crippen LogP contribution in [0.5, 0.6) is 0 Å². The van der Waals surface area contributed by atoms with Crippen LogP contribution in [0.3, 0.4) is 0 Å². The molecule has 2 aromatic heterocycles. The highest BCUT2D eigenvalue weighted by Gasteiger charge is 2.22. The highest BCUT2D eigenvalue weighted by Crippen LogP contribution is 2.37. The molecular formula is C23H21FN4O2S. The Morgan fingerprint density at radius 2 is 1.77 bits per heavy atom. The van der Waals surface area contributed by atoms with E-state index in [1.807, 2.05) is 24.3 Å². The molecule has 4 aromatic rings. The van der Waals surface area contributed by atoms with Gasteiger partial charge < -0.3 is 9.88 Å². The summed E-state index contributed by atoms with van der Waals surface area (Å²) in [4.78, 5) is 9.27. The molecule has 0 spiro atoms. The lowest BCUT2D eigenvalue weighted by atomic mass is 10.0. The van der Waals surface area contributed by atoms with Crippen LogP contribution < -0.4 is 9.62 Å². The first-order valence-electron chi connectivity index (χ1n) is 10.1. The zero-order chi connectivity index (χ0) is 21.4. The van der Waals surface area contributed by atoms with E-state index in [0.29, 0.717) is 16.5 Å². The lowest BCUT2D eigenvalue weighted by Gasteiger charge is -2.18. The van der Waals surface area contributed by atoms with Gasteiger partial charge in [-0.25, -0.2) is 13.4 Å². The topological polar surface area (TPSA) is 78.1 Å². The van der Waals surface area contributed by atoms with Crippen molar-refractivity contribution in [1.29, 1.82) is 0 Å². The van der Waals surface area contributed by atoms with E-state index in [1.54, 1.807) is 24.3 Å². The maximum atomic E-state index is 15.0. The molecule has 5 rings (SSSR count). The number of sulfonamides is 1. The van der Waals surface area contributed by atoms with Crippen LogP contribution in [0.2, 0.25) is 0 Å². The third-order valence-corrected chi connectivity index (χ3v) is 6.93. The van der Waals surface area contributed by atoms with E-state index < -0.39 is 16.0 Å². The SMILES string of the molecule is O=S(=O)(Nc1ccnc2[nH]c(F)c(-c3cccc(N4CCCC4)c3)c12)c1ccccc1. The van der Waals surface area contributed by atoms with Gasteiger partial charge in [0.05, 0.1) is 16.0 Å². The molecule has 1 aliphatic rings. The Kier molecular flexibility index (Phi) is 4.86. The van der Waals surface area contributed by atoms with Crippen LogP contribution in [-0.2, 0) is 10.0 Å². The van der Waals surface area contributed by atoms with Gasteiger partial charge in [-0.3, -0.25) is 4.72 Å². The van der Waals surface area contributed by atoms with E-state index in [9.17, 15) is 8.42 Å². The highest BCUT2D eigenvalue weighted by atomic mass is 32.2. The summed E-state index contributed by atoms with van der Waals surface area (Å²) in [5, 5.41) is 0.401. The predicted octanol–water partition coefficient (Wildman–Crippen LogP) is 4.77. The van der Waals surface area contributed by atoms with Crippen molar-refractivity contribution in [2.75, 3.05) is 22.7 Å². The number of hydrogen-bond acceptors (Lipinski definition) is 4. The largest absolute Gasteiger partial charge is 0.372 e. The molecule has 8 heteroatoms. The van der Waals surface area contributed by atoms with Crippen molar-refractivity contribution in [3.63, 3.8) is 0 Å². The number of nitrogens with one attached hydrogen (secondary N) is 2. The highest BCUT2D eigenvalue weighted by molar-refractivity contribution is 7.92. The van der Waals surface area contributed by atoms with Crippen molar-refractivity contribution in [2.45, 2.75) is 17.7 Å². The van der Waals surface area contributed by atoms with Gasteiger partial charge in [0.25, 0.3) is 10.0 Å². The Morgan fingerprint density at radius 1 is 1.00 bits per heavy atom. The number of fused-ring (bicyclic) bond motifs is 1. The van der Waals surface area contributed by atoms with Crippen molar-refractivity contribution in [3.05, 3.63) is 72.8 Å². The Morgan fingerprint density at radius 3 is 2.55 bits per heavy atom. The number of hydrogen-bond donors (Lipinski definition) is 2. The van der Waals surface area contributed by atoms with Crippen LogP contribution >= 0.6 is 0 Å². The number of nitrogens with zero attached hydrogens (tertiary/aromatic N) is 2. The summed E-state index contributed by atoms with van der Waals surface area (Å²) in [7, 11) is -3.84. The summed E-state index contributed by atoms with van der Waals surface area (Å²) in [5.41, 5.74) is 2.55. The van der Waals surface area contributed by atoms with Crippen LogP contribution in [0.4, 0.5) is 15.8 Å². The van der Waals surface area contributed by atoms with Crippen molar-refractivity contribution in [1.82, 2.24) is 9.97 Å². The van der Waals surface area contributed by atoms with Crippen molar-refractivity contribution >= 4 is 32.4 Å². The van der Waals surface area contributed by atoms with Gasteiger partial charge in [-0.2, -0.15) is 4.39 Å². The molecule has 0 unspecified atom stereocenters. The molecule has 6 nitrogen and oxygen atoms in total. The third-order valence-electron chi connectivity index (χ3n) is 5.55. The summed E-state index contributed by atoms with van der Waals surface area (Å²) < 4.78 is 43.4. The standard InChI is InChI=1S/C23H21FN4O2S/c24-22-20(16-7-6-8-17(15-16)28-13-4-5-14-28)21-19(11-12-25-23(21)26-22)27-31(29,30)18-9-2-1-3-10-18/h1-3,6-12,15H,4-5,13-14H2,(H2,25,26,27). The lowest BCUT2D eigenvalue weighted by Crippen LogP contribution is -2.17. The van der Waals surface area contributed by atoms with Crippen LogP contribution in [0, 0.1) is 5.95 Å². The van der Waals surface area contributed by atoms with Gasteiger partial charge in [0.1, 0.15) is 5.65 Å². The molecule has 3 heterocycles. The van der Waals surface area contributed by atoms with E-state index in [1.165, 1.54) is 18.3 Å². The molecule has 1 aliphatic heterocycles. The van der Waals surface area contributed by atoms with Gasteiger partial charge in [0.15, 0.2) is 0 Å². The summed E-state index contributed by atoms with van der Waals surface area (Å²) in [6.07, 6.45) is 3.73. The van der Waals surface area contributed by atoms with Crippen LogP contribution in [0.15, 0.2) is 71.8 Å². The fourth-order valence-electron chi connectivity index (χ4n) is 4.08. The first-order valence-corrected chi connectivity index (χ1v) is 11.6. The number of pyridine rings is 1. The minimum Gasteiger partial charge on any atom is -0.372 e. The summed E-state index contributed by atoms with van der Waals surface area (Å²) in [6.45, 7) is 1.95. The van der Waals surface area contributed by atoms with E-state index >= 15 is 4.39 Å². The Balaban J connectivity index is 1.62. The number of rotatable bonds is 5. The molecule has 2 aromatic carbocycles. The molecule has 0 atom stereocenters. The van der Waals surface area contributed by atoms with E-state index in [4.69, 9.17) is 0 Å². The molecular weight excluding hydrogens is 415 g/mol. The minimum atomic E-state index is -3.84. The Hall–Kier alpha value is -3.39. The number of H-pyrrole nitrogens is 1. The second-order valence-corrected chi connectivity index (χ2v) is 9.24. The van der Waals surface area contributed by atoms with Gasteiger partial charge >= 0.3 is 0 Å². The fourth-order valence-corrected chi connectivity index (χ4v) is 5.17. The number of halogens is 1. The van der Waals surface area contributed by atoms with Gasteiger partial charge in [-0.15, -0.1) is 0 Å². The maximum absolute atomic E-state index is 15.0. The Bertz CT molecular complexity index is 1350. The minimum absolute atomic E-state index is 0.133. The summed E-state index contributed by atoms with van der Waals surface area (Å²) >= 11 is 0. The molecule has 1 saturated heterocycles. The molecule has 0 aliphatic carbocycles. The molecule has 0 saturated carbocycles. The van der Waals surface area contributed by atoms with Crippen LogP contribution in [0.25, 0.3) is 22.2 Å². The smallest absolute Gasteiger partial charge is 0.261 e. The van der Waals surface area contributed by atoms with E-state index in [0.717, 1.165) is 31.6 Å². The van der Waals surface area contributed by atoms with Crippen molar-refractivity contribution < 1.29 is 12.8 Å². The average Bonchev–Trinajstić information content (AvgIpc) is 3.42. The lowest BCUT2D eigenvalue weighted by molar-refractivity contribution is 0.597. The zero-order valence-corrected chi connectivity index (χ0v) is 17.5. The second-order valence-electron chi connectivity index (χ2n) is 7.56. The van der Waals surface area contributed by atoms with E-state index in [2.05, 4.69) is 19.6 Å². The van der Waals surface area contributed by atoms with Crippen LogP contribution in [0.1, 0.15) is 12.8 Å².